The molecule has 6 rings (SSSR count). The van der Waals surface area contributed by atoms with E-state index in [1.165, 1.54) is 12.0 Å². The van der Waals surface area contributed by atoms with Gasteiger partial charge in [-0.3, -0.25) is 9.59 Å². The number of aromatic amines is 2. The molecule has 0 saturated heterocycles. The van der Waals surface area contributed by atoms with Crippen molar-refractivity contribution in [1.82, 2.24) is 40.0 Å². The van der Waals surface area contributed by atoms with Crippen molar-refractivity contribution in [2.24, 2.45) is 0 Å². The fourth-order valence-corrected chi connectivity index (χ4v) is 6.67. The number of hydrogen-bond acceptors (Lipinski definition) is 8. The van der Waals surface area contributed by atoms with Crippen molar-refractivity contribution in [2.45, 2.75) is 45.9 Å². The van der Waals surface area contributed by atoms with Gasteiger partial charge in [0.1, 0.15) is 18.2 Å². The lowest BCUT2D eigenvalue weighted by atomic mass is 9.98. The maximum Gasteiger partial charge on any atom is 0.410 e. The first-order valence-electron chi connectivity index (χ1n) is 19.6. The van der Waals surface area contributed by atoms with Gasteiger partial charge in [-0.1, -0.05) is 92.7 Å². The molecule has 4 amide bonds. The molecule has 0 aliphatic rings. The van der Waals surface area contributed by atoms with Gasteiger partial charge in [-0.2, -0.15) is 0 Å². The number of ether oxygens (including phenoxy) is 2. The number of benzene rings is 4. The van der Waals surface area contributed by atoms with Crippen LogP contribution in [0, 0.1) is 0 Å². The molecule has 0 bridgehead atoms. The summed E-state index contributed by atoms with van der Waals surface area (Å²) in [6.07, 6.45) is 2.68. The van der Waals surface area contributed by atoms with Gasteiger partial charge in [-0.25, -0.2) is 19.6 Å². The number of imidazole rings is 2. The van der Waals surface area contributed by atoms with Crippen molar-refractivity contribution in [3.05, 3.63) is 121 Å². The topological polar surface area (TPSA) is 166 Å². The summed E-state index contributed by atoms with van der Waals surface area (Å²) in [7, 11) is 4.42. The normalized spacial score (nSPS) is 11.5. The smallest absolute Gasteiger partial charge is 0.410 e. The molecule has 2 aromatic heterocycles. The lowest BCUT2D eigenvalue weighted by molar-refractivity contribution is -0.142. The molecule has 0 spiro atoms. The summed E-state index contributed by atoms with van der Waals surface area (Å²) in [6, 6.07) is 29.9. The van der Waals surface area contributed by atoms with Crippen molar-refractivity contribution in [3.63, 3.8) is 0 Å². The molecule has 306 valence electrons. The summed E-state index contributed by atoms with van der Waals surface area (Å²) in [5, 5.41) is 4.60. The minimum absolute atomic E-state index is 0.151. The van der Waals surface area contributed by atoms with Gasteiger partial charge in [0.15, 0.2) is 0 Å². The molecule has 0 fully saturated rings. The van der Waals surface area contributed by atoms with E-state index in [1.54, 1.807) is 48.4 Å². The van der Waals surface area contributed by atoms with Crippen LogP contribution in [-0.2, 0) is 32.2 Å². The maximum absolute atomic E-state index is 13.9. The lowest BCUT2D eigenvalue weighted by Crippen LogP contribution is -2.40. The van der Waals surface area contributed by atoms with E-state index in [2.05, 4.69) is 72.5 Å². The molecule has 14 nitrogen and oxygen atoms in total. The first kappa shape index (κ1) is 41.7. The average Bonchev–Trinajstić information content (AvgIpc) is 3.94. The molecule has 0 aliphatic carbocycles. The van der Waals surface area contributed by atoms with Gasteiger partial charge in [0.2, 0.25) is 12.0 Å². The number of amides is 4. The Hall–Kier alpha value is -6.96. The third-order valence-corrected chi connectivity index (χ3v) is 9.75. The molecule has 0 aliphatic heterocycles. The van der Waals surface area contributed by atoms with Crippen LogP contribution in [0.1, 0.15) is 50.0 Å². The van der Waals surface area contributed by atoms with Crippen molar-refractivity contribution < 1.29 is 28.7 Å². The first-order valence-corrected chi connectivity index (χ1v) is 19.6. The highest BCUT2D eigenvalue weighted by molar-refractivity contribution is 5.91. The Morgan fingerprint density at radius 3 is 1.85 bits per heavy atom. The zero-order chi connectivity index (χ0) is 41.9. The number of methoxy groups -OCH3 is 1. The van der Waals surface area contributed by atoms with Gasteiger partial charge < -0.3 is 39.5 Å². The Morgan fingerprint density at radius 2 is 1.24 bits per heavy atom. The molecular weight excluding hydrogens is 749 g/mol. The van der Waals surface area contributed by atoms with Crippen LogP contribution in [-0.4, -0.2) is 99.5 Å². The monoisotopic (exact) mass is 798 g/mol. The van der Waals surface area contributed by atoms with Crippen LogP contribution in [0.5, 0.6) is 0 Å². The van der Waals surface area contributed by atoms with Gasteiger partial charge >= 0.3 is 12.2 Å². The van der Waals surface area contributed by atoms with Crippen LogP contribution in [0.25, 0.3) is 44.4 Å². The molecule has 2 heterocycles. The largest absolute Gasteiger partial charge is 0.453 e. The highest BCUT2D eigenvalue weighted by atomic mass is 16.6. The number of nitrogens with zero attached hydrogens (tertiary/aromatic N) is 5. The van der Waals surface area contributed by atoms with E-state index in [0.717, 1.165) is 50.8 Å². The van der Waals surface area contributed by atoms with Crippen molar-refractivity contribution in [2.75, 3.05) is 40.8 Å². The summed E-state index contributed by atoms with van der Waals surface area (Å²) in [4.78, 5) is 71.1. The highest BCUT2D eigenvalue weighted by Gasteiger charge is 2.30. The van der Waals surface area contributed by atoms with Crippen LogP contribution in [0.4, 0.5) is 9.59 Å². The molecular formula is C45H50N8O6. The number of fused-ring (bicyclic) bond motifs is 1. The number of carbonyl (C=O) groups excluding carboxylic acids is 4. The minimum Gasteiger partial charge on any atom is -0.453 e. The summed E-state index contributed by atoms with van der Waals surface area (Å²) < 4.78 is 10.2. The molecule has 0 radical (unpaired) electrons. The van der Waals surface area contributed by atoms with E-state index in [9.17, 15) is 19.2 Å². The van der Waals surface area contributed by atoms with Crippen LogP contribution >= 0.6 is 0 Å². The second kappa shape index (κ2) is 19.5. The van der Waals surface area contributed by atoms with Crippen molar-refractivity contribution in [3.8, 4) is 33.6 Å². The van der Waals surface area contributed by atoms with Gasteiger partial charge in [-0.05, 0) is 52.4 Å². The third-order valence-electron chi connectivity index (χ3n) is 9.75. The summed E-state index contributed by atoms with van der Waals surface area (Å²) in [5.74, 6) is 0.734. The third kappa shape index (κ3) is 10.5. The summed E-state index contributed by atoms with van der Waals surface area (Å²) >= 11 is 0. The molecule has 0 saturated carbocycles. The van der Waals surface area contributed by atoms with E-state index in [1.807, 2.05) is 50.2 Å². The second-order valence-electron chi connectivity index (χ2n) is 14.3. The predicted molar refractivity (Wildman–Crippen MR) is 226 cm³/mol. The number of H-pyrrole nitrogens is 2. The summed E-state index contributed by atoms with van der Waals surface area (Å²) in [5.41, 5.74) is 6.32. The molecule has 14 heteroatoms. The van der Waals surface area contributed by atoms with Gasteiger partial charge in [-0.15, -0.1) is 0 Å². The maximum atomic E-state index is 13.9. The number of nitrogens with one attached hydrogen (secondary N) is 3. The summed E-state index contributed by atoms with van der Waals surface area (Å²) in [6.45, 7) is 5.34. The SMILES string of the molecule is CCCN(Cc1ncc(-c2ccc3cc(-c4ccc(-c5cnc(CN(CCC)C(=O)C(OC(=O)N(C)C)c6ccccc6)[nH]5)cc4)ccc3c2)[nH]1)C(=O)CNC(=O)OC. The van der Waals surface area contributed by atoms with E-state index < -0.39 is 18.3 Å². The minimum atomic E-state index is -1.08. The van der Waals surface area contributed by atoms with E-state index in [0.29, 0.717) is 43.3 Å². The first-order chi connectivity index (χ1) is 28.6. The van der Waals surface area contributed by atoms with Crippen molar-refractivity contribution >= 4 is 34.8 Å². The Labute approximate surface area is 343 Å². The van der Waals surface area contributed by atoms with E-state index in [4.69, 9.17) is 4.74 Å². The van der Waals surface area contributed by atoms with Crippen LogP contribution in [0.2, 0.25) is 0 Å². The molecule has 59 heavy (non-hydrogen) atoms. The Kier molecular flexibility index (Phi) is 13.7. The number of alkyl carbamates (subject to hydrolysis) is 1. The fourth-order valence-electron chi connectivity index (χ4n) is 6.67. The molecule has 1 unspecified atom stereocenters. The van der Waals surface area contributed by atoms with E-state index >= 15 is 0 Å². The van der Waals surface area contributed by atoms with Crippen molar-refractivity contribution in [1.29, 1.82) is 0 Å². The Morgan fingerprint density at radius 1 is 0.695 bits per heavy atom. The molecule has 6 aromatic rings. The van der Waals surface area contributed by atoms with Crippen LogP contribution in [0.3, 0.4) is 0 Å². The predicted octanol–water partition coefficient (Wildman–Crippen LogP) is 7.56. The zero-order valence-electron chi connectivity index (χ0n) is 34.0. The molecule has 1 atom stereocenters. The molecule has 4 aromatic carbocycles. The number of carbonyl (C=O) groups is 4. The zero-order valence-corrected chi connectivity index (χ0v) is 34.0. The molecule has 3 N–H and O–H groups in total. The van der Waals surface area contributed by atoms with Gasteiger partial charge in [0, 0.05) is 38.3 Å². The number of aromatic nitrogens is 4. The Bertz CT molecular complexity index is 2370. The second-order valence-corrected chi connectivity index (χ2v) is 14.3. The average molecular weight is 799 g/mol. The standard InChI is InChI=1S/C45H50N8O6/c1-6-21-52(41(54)27-48-44(56)58-5)28-39-47-26-38(50-39)36-20-19-34-23-33(17-18-35(34)24-36)30-13-15-31(16-14-30)37-25-46-40(49-37)29-53(22-7-2)43(55)42(59-45(57)51(3)4)32-11-9-8-10-12-32/h8-20,23-26,42H,6-7,21-22,27-29H2,1-5H3,(H,46,49)(H,47,50)(H,48,56). The fraction of sp³-hybridized carbons (Fsp3) is 0.289. The highest BCUT2D eigenvalue weighted by Crippen LogP contribution is 2.30. The quantitative estimate of drug-likeness (QED) is 0.0903. The van der Waals surface area contributed by atoms with E-state index in [-0.39, 0.29) is 24.9 Å². The van der Waals surface area contributed by atoms with Crippen LogP contribution in [0.15, 0.2) is 103 Å². The van der Waals surface area contributed by atoms with Gasteiger partial charge in [0.25, 0.3) is 5.91 Å². The lowest BCUT2D eigenvalue weighted by Gasteiger charge is -2.27. The van der Waals surface area contributed by atoms with Gasteiger partial charge in [0.05, 0.1) is 44.0 Å². The number of rotatable bonds is 16. The van der Waals surface area contributed by atoms with Crippen LogP contribution < -0.4 is 5.32 Å². The number of hydrogen-bond donors (Lipinski definition) is 3. The Balaban J connectivity index is 1.11.